The van der Waals surface area contributed by atoms with Crippen LogP contribution in [0.3, 0.4) is 0 Å². The van der Waals surface area contributed by atoms with E-state index in [-0.39, 0.29) is 37.2 Å². The number of aryl methyl sites for hydroxylation is 1. The molecule has 146 valence electrons. The van der Waals surface area contributed by atoms with Crippen LogP contribution in [0.15, 0.2) is 48.5 Å². The van der Waals surface area contributed by atoms with Crippen molar-refractivity contribution < 1.29 is 14.3 Å². The molecule has 0 fully saturated rings. The zero-order valence-electron chi connectivity index (χ0n) is 15.9. The maximum Gasteiger partial charge on any atom is 0.313 e. The first-order chi connectivity index (χ1) is 12.4. The quantitative estimate of drug-likeness (QED) is 0.558. The summed E-state index contributed by atoms with van der Waals surface area (Å²) in [5.74, 6) is 0.0935. The van der Waals surface area contributed by atoms with Crippen molar-refractivity contribution in [3.63, 3.8) is 0 Å². The van der Waals surface area contributed by atoms with Crippen molar-refractivity contribution in [3.8, 4) is 5.75 Å². The predicted molar refractivity (Wildman–Crippen MR) is 109 cm³/mol. The van der Waals surface area contributed by atoms with Crippen LogP contribution in [0.1, 0.15) is 48.9 Å². The van der Waals surface area contributed by atoms with E-state index in [1.165, 1.54) is 0 Å². The minimum absolute atomic E-state index is 0. The number of nitrogens with two attached hydrogens (primary N) is 1. The lowest BCUT2D eigenvalue weighted by Gasteiger charge is -2.19. The van der Waals surface area contributed by atoms with Crippen LogP contribution in [0.25, 0.3) is 0 Å². The van der Waals surface area contributed by atoms with E-state index in [0.29, 0.717) is 5.75 Å². The molecule has 0 aliphatic carbocycles. The van der Waals surface area contributed by atoms with E-state index in [9.17, 15) is 9.59 Å². The van der Waals surface area contributed by atoms with E-state index in [0.717, 1.165) is 16.7 Å². The van der Waals surface area contributed by atoms with E-state index in [4.69, 9.17) is 10.5 Å². The Morgan fingerprint density at radius 1 is 1.11 bits per heavy atom. The van der Waals surface area contributed by atoms with E-state index in [1.807, 2.05) is 55.5 Å². The second-order valence-corrected chi connectivity index (χ2v) is 6.61. The Bertz CT molecular complexity index is 763. The fraction of sp³-hybridized carbons (Fsp3) is 0.333. The molecular formula is C21H27ClN2O3. The molecule has 2 rings (SSSR count). The van der Waals surface area contributed by atoms with Gasteiger partial charge in [0.15, 0.2) is 0 Å². The molecule has 0 saturated heterocycles. The summed E-state index contributed by atoms with van der Waals surface area (Å²) in [6.07, 6.45) is 0.0290. The smallest absolute Gasteiger partial charge is 0.313 e. The van der Waals surface area contributed by atoms with Crippen LogP contribution in [0.2, 0.25) is 0 Å². The fourth-order valence-corrected chi connectivity index (χ4v) is 2.73. The summed E-state index contributed by atoms with van der Waals surface area (Å²) in [6.45, 7) is 5.93. The monoisotopic (exact) mass is 390 g/mol. The Labute approximate surface area is 166 Å². The molecule has 0 heterocycles. The van der Waals surface area contributed by atoms with Gasteiger partial charge in [-0.3, -0.25) is 9.59 Å². The van der Waals surface area contributed by atoms with Crippen LogP contribution in [-0.2, 0) is 9.59 Å². The predicted octanol–water partition coefficient (Wildman–Crippen LogP) is 3.65. The number of ether oxygens (including phenoxy) is 1. The number of nitrogens with one attached hydrogen (secondary N) is 1. The van der Waals surface area contributed by atoms with Crippen molar-refractivity contribution in [2.45, 2.75) is 39.2 Å². The standard InChI is InChI=1S/C21H26N2O3.ClH/c1-14(2)17-10-9-15(3)11-19(17)26-21(25)12-18(23-20(24)13-22)16-7-5-4-6-8-16;/h4-11,14,18H,12-13,22H2,1-3H3,(H,23,24);1H/t18-;/m1./s1. The Kier molecular flexibility index (Phi) is 8.98. The Morgan fingerprint density at radius 3 is 2.37 bits per heavy atom. The normalized spacial score (nSPS) is 11.4. The largest absolute Gasteiger partial charge is 0.426 e. The number of carbonyl (C=O) groups excluding carboxylic acids is 2. The first kappa shape index (κ1) is 22.7. The minimum atomic E-state index is -0.480. The molecule has 0 aromatic heterocycles. The maximum atomic E-state index is 12.5. The van der Waals surface area contributed by atoms with Gasteiger partial charge in [-0.2, -0.15) is 0 Å². The number of esters is 1. The highest BCUT2D eigenvalue weighted by atomic mass is 35.5. The van der Waals surface area contributed by atoms with Gasteiger partial charge < -0.3 is 15.8 Å². The van der Waals surface area contributed by atoms with Crippen molar-refractivity contribution >= 4 is 24.3 Å². The van der Waals surface area contributed by atoms with Crippen LogP contribution in [0.4, 0.5) is 0 Å². The van der Waals surface area contributed by atoms with Gasteiger partial charge in [-0.25, -0.2) is 0 Å². The highest BCUT2D eigenvalue weighted by Crippen LogP contribution is 2.28. The summed E-state index contributed by atoms with van der Waals surface area (Å²) in [6, 6.07) is 14.7. The van der Waals surface area contributed by atoms with Gasteiger partial charge in [0.2, 0.25) is 5.91 Å². The van der Waals surface area contributed by atoms with Gasteiger partial charge in [0, 0.05) is 0 Å². The van der Waals surface area contributed by atoms with Crippen LogP contribution in [-0.4, -0.2) is 18.4 Å². The number of benzene rings is 2. The third-order valence-electron chi connectivity index (χ3n) is 4.11. The molecule has 0 aliphatic heterocycles. The van der Waals surface area contributed by atoms with Crippen LogP contribution >= 0.6 is 12.4 Å². The Balaban J connectivity index is 0.00000364. The molecule has 1 amide bonds. The molecular weight excluding hydrogens is 364 g/mol. The summed E-state index contributed by atoms with van der Waals surface area (Å²) in [4.78, 5) is 24.3. The van der Waals surface area contributed by atoms with Gasteiger partial charge in [-0.1, -0.05) is 56.3 Å². The van der Waals surface area contributed by atoms with Gasteiger partial charge in [-0.05, 0) is 35.6 Å². The maximum absolute atomic E-state index is 12.5. The van der Waals surface area contributed by atoms with E-state index in [2.05, 4.69) is 19.2 Å². The lowest BCUT2D eigenvalue weighted by molar-refractivity contribution is -0.135. The average molecular weight is 391 g/mol. The number of hydrogen-bond acceptors (Lipinski definition) is 4. The molecule has 0 bridgehead atoms. The molecule has 0 unspecified atom stereocenters. The van der Waals surface area contributed by atoms with Crippen molar-refractivity contribution in [1.29, 1.82) is 0 Å². The number of carbonyl (C=O) groups is 2. The molecule has 2 aromatic carbocycles. The number of rotatable bonds is 7. The molecule has 0 spiro atoms. The fourth-order valence-electron chi connectivity index (χ4n) is 2.73. The van der Waals surface area contributed by atoms with Gasteiger partial charge in [0.25, 0.3) is 0 Å². The summed E-state index contributed by atoms with van der Waals surface area (Å²) in [7, 11) is 0. The summed E-state index contributed by atoms with van der Waals surface area (Å²) in [5, 5.41) is 2.78. The zero-order valence-corrected chi connectivity index (χ0v) is 16.7. The number of hydrogen-bond donors (Lipinski definition) is 2. The molecule has 27 heavy (non-hydrogen) atoms. The number of amides is 1. The van der Waals surface area contributed by atoms with Gasteiger partial charge in [0.1, 0.15) is 5.75 Å². The second kappa shape index (κ2) is 10.7. The summed E-state index contributed by atoms with van der Waals surface area (Å²) < 4.78 is 5.63. The Morgan fingerprint density at radius 2 is 1.78 bits per heavy atom. The van der Waals surface area contributed by atoms with Gasteiger partial charge in [0.05, 0.1) is 19.0 Å². The molecule has 2 aromatic rings. The molecule has 5 nitrogen and oxygen atoms in total. The van der Waals surface area contributed by atoms with E-state index < -0.39 is 12.0 Å². The SMILES string of the molecule is Cc1ccc(C(C)C)c(OC(=O)C[C@@H](NC(=O)CN)c2ccccc2)c1.Cl. The van der Waals surface area contributed by atoms with E-state index in [1.54, 1.807) is 0 Å². The van der Waals surface area contributed by atoms with Crippen LogP contribution in [0.5, 0.6) is 5.75 Å². The minimum Gasteiger partial charge on any atom is -0.426 e. The highest BCUT2D eigenvalue weighted by Gasteiger charge is 2.20. The zero-order chi connectivity index (χ0) is 19.1. The van der Waals surface area contributed by atoms with Crippen molar-refractivity contribution in [2.75, 3.05) is 6.54 Å². The van der Waals surface area contributed by atoms with Crippen LogP contribution in [0, 0.1) is 6.92 Å². The van der Waals surface area contributed by atoms with Crippen molar-refractivity contribution in [2.24, 2.45) is 5.73 Å². The van der Waals surface area contributed by atoms with Crippen LogP contribution < -0.4 is 15.8 Å². The molecule has 0 radical (unpaired) electrons. The number of halogens is 1. The third kappa shape index (κ3) is 6.70. The first-order valence-corrected chi connectivity index (χ1v) is 8.76. The molecule has 3 N–H and O–H groups in total. The van der Waals surface area contributed by atoms with E-state index >= 15 is 0 Å². The van der Waals surface area contributed by atoms with Gasteiger partial charge >= 0.3 is 5.97 Å². The lowest BCUT2D eigenvalue weighted by atomic mass is 10.0. The molecule has 0 saturated carbocycles. The lowest BCUT2D eigenvalue weighted by Crippen LogP contribution is -2.35. The van der Waals surface area contributed by atoms with Crippen molar-refractivity contribution in [3.05, 3.63) is 65.2 Å². The van der Waals surface area contributed by atoms with Crippen molar-refractivity contribution in [1.82, 2.24) is 5.32 Å². The Hall–Kier alpha value is -2.37. The highest BCUT2D eigenvalue weighted by molar-refractivity contribution is 5.85. The van der Waals surface area contributed by atoms with Gasteiger partial charge in [-0.15, -0.1) is 12.4 Å². The first-order valence-electron chi connectivity index (χ1n) is 8.76. The molecule has 6 heteroatoms. The second-order valence-electron chi connectivity index (χ2n) is 6.61. The summed E-state index contributed by atoms with van der Waals surface area (Å²) >= 11 is 0. The summed E-state index contributed by atoms with van der Waals surface area (Å²) in [5.41, 5.74) is 8.23. The molecule has 1 atom stereocenters. The molecule has 0 aliphatic rings. The third-order valence-corrected chi connectivity index (χ3v) is 4.11. The topological polar surface area (TPSA) is 81.4 Å². The average Bonchev–Trinajstić information content (AvgIpc) is 2.61.